The number of rotatable bonds is 3. The maximum atomic E-state index is 12.1. The molecule has 2 heterocycles. The summed E-state index contributed by atoms with van der Waals surface area (Å²) < 4.78 is 0. The molecule has 0 spiro atoms. The smallest absolute Gasteiger partial charge is 0.230 e. The third-order valence-electron chi connectivity index (χ3n) is 4.61. The summed E-state index contributed by atoms with van der Waals surface area (Å²) in [6.07, 6.45) is 4.14. The fraction of sp³-hybridized carbons (Fsp3) is 0.211. The second-order valence-corrected chi connectivity index (χ2v) is 6.49. The van der Waals surface area contributed by atoms with Gasteiger partial charge in [0.1, 0.15) is 5.52 Å². The molecular weight excluding hydrogens is 328 g/mol. The first kappa shape index (κ1) is 16.0. The molecule has 0 bridgehead atoms. The number of nitrogens with two attached hydrogens (primary N) is 1. The summed E-state index contributed by atoms with van der Waals surface area (Å²) in [5.41, 5.74) is 10.2. The van der Waals surface area contributed by atoms with Crippen molar-refractivity contribution in [3.05, 3.63) is 42.2 Å². The number of carbonyl (C=O) groups excluding carboxylic acids is 1. The van der Waals surface area contributed by atoms with Crippen LogP contribution >= 0.6 is 0 Å². The van der Waals surface area contributed by atoms with Gasteiger partial charge in [-0.05, 0) is 48.7 Å². The zero-order chi connectivity index (χ0) is 18.3. The highest BCUT2D eigenvalue weighted by atomic mass is 16.2. The number of hydrogen-bond acceptors (Lipinski definition) is 6. The van der Waals surface area contributed by atoms with Gasteiger partial charge in [0.25, 0.3) is 0 Å². The Morgan fingerprint density at radius 3 is 2.92 bits per heavy atom. The Morgan fingerprint density at radius 1 is 1.35 bits per heavy atom. The normalized spacial score (nSPS) is 18.3. The van der Waals surface area contributed by atoms with Crippen LogP contribution in [0.1, 0.15) is 12.0 Å². The topological polar surface area (TPSA) is 118 Å². The maximum Gasteiger partial charge on any atom is 0.230 e. The van der Waals surface area contributed by atoms with Gasteiger partial charge in [-0.1, -0.05) is 0 Å². The number of nitrogen functional groups attached to an aromatic ring is 1. The number of hydrogen-bond donors (Lipinski definition) is 2. The van der Waals surface area contributed by atoms with Crippen LogP contribution < -0.4 is 11.1 Å². The lowest BCUT2D eigenvalue weighted by atomic mass is 10.0. The van der Waals surface area contributed by atoms with Crippen molar-refractivity contribution < 1.29 is 4.79 Å². The van der Waals surface area contributed by atoms with Crippen molar-refractivity contribution in [2.24, 2.45) is 11.8 Å². The second kappa shape index (κ2) is 6.08. The highest BCUT2D eigenvalue weighted by molar-refractivity contribution is 5.98. The van der Waals surface area contributed by atoms with E-state index in [1.165, 1.54) is 0 Å². The van der Waals surface area contributed by atoms with E-state index in [2.05, 4.69) is 26.6 Å². The molecule has 1 aliphatic rings. The van der Waals surface area contributed by atoms with Crippen LogP contribution in [0, 0.1) is 30.1 Å². The van der Waals surface area contributed by atoms with Crippen LogP contribution in [0.5, 0.6) is 0 Å². The lowest BCUT2D eigenvalue weighted by molar-refractivity contribution is -0.117. The van der Waals surface area contributed by atoms with Gasteiger partial charge in [-0.25, -0.2) is 0 Å². The minimum atomic E-state index is -0.257. The van der Waals surface area contributed by atoms with Gasteiger partial charge in [0, 0.05) is 23.3 Å². The molecule has 2 atom stereocenters. The Morgan fingerprint density at radius 2 is 2.19 bits per heavy atom. The Labute approximate surface area is 149 Å². The Bertz CT molecular complexity index is 1070. The summed E-state index contributed by atoms with van der Waals surface area (Å²) in [6.45, 7) is 2.01. The number of fused-ring (bicyclic) bond motifs is 1. The molecule has 3 aromatic rings. The summed E-state index contributed by atoms with van der Waals surface area (Å²) in [5, 5.41) is 20.5. The average molecular weight is 344 g/mol. The lowest BCUT2D eigenvalue weighted by Gasteiger charge is -2.10. The fourth-order valence-electron chi connectivity index (χ4n) is 3.01. The van der Waals surface area contributed by atoms with E-state index in [1.807, 2.05) is 25.1 Å². The molecule has 0 radical (unpaired) electrons. The molecule has 7 heteroatoms. The van der Waals surface area contributed by atoms with Crippen LogP contribution in [0.3, 0.4) is 0 Å². The molecular formula is C19H16N6O. The highest BCUT2D eigenvalue weighted by Crippen LogP contribution is 2.38. The Kier molecular flexibility index (Phi) is 3.73. The Balaban J connectivity index is 1.70. The molecule has 1 aromatic carbocycles. The molecule has 1 aliphatic carbocycles. The summed E-state index contributed by atoms with van der Waals surface area (Å²) in [4.78, 5) is 16.3. The quantitative estimate of drug-likeness (QED) is 0.705. The van der Waals surface area contributed by atoms with E-state index in [0.29, 0.717) is 23.4 Å². The summed E-state index contributed by atoms with van der Waals surface area (Å²) in [5.74, 6) is -0.297. The predicted molar refractivity (Wildman–Crippen MR) is 97.8 cm³/mol. The van der Waals surface area contributed by atoms with Gasteiger partial charge < -0.3 is 11.1 Å². The van der Waals surface area contributed by atoms with E-state index >= 15 is 0 Å². The molecule has 2 aromatic heterocycles. The van der Waals surface area contributed by atoms with E-state index < -0.39 is 0 Å². The first-order valence-corrected chi connectivity index (χ1v) is 8.25. The number of nitrogens with zero attached hydrogens (tertiary/aromatic N) is 4. The van der Waals surface area contributed by atoms with Crippen LogP contribution in [0.4, 0.5) is 11.5 Å². The number of nitriles is 1. The van der Waals surface area contributed by atoms with Gasteiger partial charge in [-0.2, -0.15) is 5.26 Å². The third kappa shape index (κ3) is 2.82. The molecule has 0 unspecified atom stereocenters. The van der Waals surface area contributed by atoms with Crippen molar-refractivity contribution in [1.82, 2.24) is 15.2 Å². The SMILES string of the molecule is Cc1ccncc1-c1cc(N)c2nnc(NC(=O)[C@@H]3C[C@H]3C#N)cc2c1. The lowest BCUT2D eigenvalue weighted by Crippen LogP contribution is -2.16. The summed E-state index contributed by atoms with van der Waals surface area (Å²) in [7, 11) is 0. The number of amides is 1. The Hall–Kier alpha value is -3.53. The van der Waals surface area contributed by atoms with Gasteiger partial charge >= 0.3 is 0 Å². The van der Waals surface area contributed by atoms with Gasteiger partial charge in [0.2, 0.25) is 5.91 Å². The van der Waals surface area contributed by atoms with Crippen LogP contribution in [-0.4, -0.2) is 21.1 Å². The minimum absolute atomic E-state index is 0.195. The van der Waals surface area contributed by atoms with E-state index in [4.69, 9.17) is 11.0 Å². The zero-order valence-electron chi connectivity index (χ0n) is 14.1. The summed E-state index contributed by atoms with van der Waals surface area (Å²) in [6, 6.07) is 9.59. The number of aromatic nitrogens is 3. The minimum Gasteiger partial charge on any atom is -0.397 e. The average Bonchev–Trinajstić information content (AvgIpc) is 3.42. The van der Waals surface area contributed by atoms with Crippen molar-refractivity contribution in [1.29, 1.82) is 5.26 Å². The molecule has 128 valence electrons. The van der Waals surface area contributed by atoms with Crippen molar-refractivity contribution in [2.45, 2.75) is 13.3 Å². The van der Waals surface area contributed by atoms with Crippen LogP contribution in [0.2, 0.25) is 0 Å². The largest absolute Gasteiger partial charge is 0.397 e. The van der Waals surface area contributed by atoms with Gasteiger partial charge in [0.15, 0.2) is 5.82 Å². The number of nitrogens with one attached hydrogen (secondary N) is 1. The summed E-state index contributed by atoms with van der Waals surface area (Å²) >= 11 is 0. The molecule has 7 nitrogen and oxygen atoms in total. The first-order chi connectivity index (χ1) is 12.6. The van der Waals surface area contributed by atoms with Gasteiger partial charge in [-0.3, -0.25) is 9.78 Å². The molecule has 1 amide bonds. The molecule has 4 rings (SSSR count). The second-order valence-electron chi connectivity index (χ2n) is 6.49. The van der Waals surface area contributed by atoms with Gasteiger partial charge in [0.05, 0.1) is 23.6 Å². The maximum absolute atomic E-state index is 12.1. The monoisotopic (exact) mass is 344 g/mol. The van der Waals surface area contributed by atoms with Crippen LogP contribution in [0.15, 0.2) is 36.7 Å². The van der Waals surface area contributed by atoms with E-state index in [-0.39, 0.29) is 17.7 Å². The van der Waals surface area contributed by atoms with Crippen molar-refractivity contribution in [3.8, 4) is 17.2 Å². The number of pyridine rings is 1. The molecule has 3 N–H and O–H groups in total. The fourth-order valence-corrected chi connectivity index (χ4v) is 3.01. The van der Waals surface area contributed by atoms with Crippen molar-refractivity contribution in [2.75, 3.05) is 11.1 Å². The zero-order valence-corrected chi connectivity index (χ0v) is 14.1. The van der Waals surface area contributed by atoms with Gasteiger partial charge in [-0.15, -0.1) is 10.2 Å². The number of aryl methyl sites for hydroxylation is 1. The van der Waals surface area contributed by atoms with Crippen LogP contribution in [0.25, 0.3) is 22.0 Å². The van der Waals surface area contributed by atoms with Crippen molar-refractivity contribution >= 4 is 28.3 Å². The predicted octanol–water partition coefficient (Wildman–Crippen LogP) is 2.68. The first-order valence-electron chi connectivity index (χ1n) is 8.25. The number of anilines is 2. The molecule has 26 heavy (non-hydrogen) atoms. The third-order valence-corrected chi connectivity index (χ3v) is 4.61. The molecule has 0 aliphatic heterocycles. The molecule has 1 saturated carbocycles. The van der Waals surface area contributed by atoms with Crippen molar-refractivity contribution in [3.63, 3.8) is 0 Å². The number of carbonyl (C=O) groups is 1. The van der Waals surface area contributed by atoms with E-state index in [1.54, 1.807) is 18.5 Å². The van der Waals surface area contributed by atoms with E-state index in [0.717, 1.165) is 22.1 Å². The molecule has 1 fully saturated rings. The molecule has 0 saturated heterocycles. The van der Waals surface area contributed by atoms with Crippen LogP contribution in [-0.2, 0) is 4.79 Å². The standard InChI is InChI=1S/C19H16N6O/c1-10-2-3-22-9-15(10)11-4-12-7-17(24-25-18(12)16(21)6-11)23-19(26)14-5-13(14)8-20/h2-4,6-7,9,13-14H,5,21H2,1H3,(H,23,24,26)/t13-,14+/m0/s1. The number of benzene rings is 1. The highest BCUT2D eigenvalue weighted by Gasteiger charge is 2.43. The van der Waals surface area contributed by atoms with E-state index in [9.17, 15) is 4.79 Å².